The SMILES string of the molecule is COC1=CC(=O)N(c2ccc(C)cc2O)C(c2cccs2)C1. The molecule has 1 atom stereocenters. The van der Waals surface area contributed by atoms with Gasteiger partial charge in [-0.25, -0.2) is 0 Å². The molecule has 1 N–H and O–H groups in total. The highest BCUT2D eigenvalue weighted by molar-refractivity contribution is 7.10. The van der Waals surface area contributed by atoms with Gasteiger partial charge in [0.25, 0.3) is 5.91 Å². The molecule has 3 rings (SSSR count). The van der Waals surface area contributed by atoms with Crippen LogP contribution in [0.15, 0.2) is 47.5 Å². The maximum atomic E-state index is 12.6. The molecule has 22 heavy (non-hydrogen) atoms. The number of hydrogen-bond acceptors (Lipinski definition) is 4. The summed E-state index contributed by atoms with van der Waals surface area (Å²) in [5, 5.41) is 12.2. The number of carbonyl (C=O) groups is 1. The highest BCUT2D eigenvalue weighted by Gasteiger charge is 2.33. The maximum absolute atomic E-state index is 12.6. The van der Waals surface area contributed by atoms with Crippen LogP contribution in [0.25, 0.3) is 0 Å². The number of hydrogen-bond donors (Lipinski definition) is 1. The smallest absolute Gasteiger partial charge is 0.255 e. The van der Waals surface area contributed by atoms with Gasteiger partial charge >= 0.3 is 0 Å². The normalized spacial score (nSPS) is 18.3. The molecule has 0 aliphatic carbocycles. The first kappa shape index (κ1) is 14.7. The standard InChI is InChI=1S/C17H17NO3S/c1-11-5-6-13(15(19)8-11)18-14(16-4-3-7-22-16)9-12(21-2)10-17(18)20/h3-8,10,14,19H,9H2,1-2H3. The van der Waals surface area contributed by atoms with Crippen LogP contribution in [0.4, 0.5) is 5.69 Å². The highest BCUT2D eigenvalue weighted by Crippen LogP contribution is 2.41. The molecular formula is C17H17NO3S. The molecule has 2 aromatic rings. The van der Waals surface area contributed by atoms with Gasteiger partial charge in [-0.3, -0.25) is 9.69 Å². The number of methoxy groups -OCH3 is 1. The van der Waals surface area contributed by atoms with Gasteiger partial charge in [-0.15, -0.1) is 11.3 Å². The highest BCUT2D eigenvalue weighted by atomic mass is 32.1. The number of nitrogens with zero attached hydrogens (tertiary/aromatic N) is 1. The summed E-state index contributed by atoms with van der Waals surface area (Å²) in [6.45, 7) is 1.90. The van der Waals surface area contributed by atoms with Gasteiger partial charge in [0.05, 0.1) is 18.8 Å². The number of ether oxygens (including phenoxy) is 1. The van der Waals surface area contributed by atoms with Crippen LogP contribution in [-0.4, -0.2) is 18.1 Å². The molecule has 5 heteroatoms. The van der Waals surface area contributed by atoms with E-state index in [1.54, 1.807) is 35.5 Å². The van der Waals surface area contributed by atoms with Crippen LogP contribution in [0, 0.1) is 6.92 Å². The first-order valence-corrected chi connectivity index (χ1v) is 7.89. The van der Waals surface area contributed by atoms with Gasteiger partial charge in [-0.05, 0) is 36.1 Å². The van der Waals surface area contributed by atoms with E-state index in [-0.39, 0.29) is 17.7 Å². The van der Waals surface area contributed by atoms with Crippen molar-refractivity contribution in [2.75, 3.05) is 12.0 Å². The van der Waals surface area contributed by atoms with Gasteiger partial charge in [0.15, 0.2) is 0 Å². The lowest BCUT2D eigenvalue weighted by molar-refractivity contribution is -0.115. The lowest BCUT2D eigenvalue weighted by Gasteiger charge is -2.34. The Balaban J connectivity index is 2.09. The van der Waals surface area contributed by atoms with Crippen LogP contribution >= 0.6 is 11.3 Å². The van der Waals surface area contributed by atoms with Gasteiger partial charge in [-0.1, -0.05) is 12.1 Å². The molecule has 0 saturated carbocycles. The van der Waals surface area contributed by atoms with Crippen LogP contribution in [0.5, 0.6) is 5.75 Å². The van der Waals surface area contributed by atoms with E-state index >= 15 is 0 Å². The van der Waals surface area contributed by atoms with E-state index in [0.717, 1.165) is 10.4 Å². The van der Waals surface area contributed by atoms with E-state index in [1.807, 2.05) is 30.5 Å². The summed E-state index contributed by atoms with van der Waals surface area (Å²) in [6, 6.07) is 9.14. The number of amides is 1. The number of anilines is 1. The summed E-state index contributed by atoms with van der Waals surface area (Å²) in [5.74, 6) is 0.594. The number of aromatic hydroxyl groups is 1. The molecule has 2 heterocycles. The molecule has 0 radical (unpaired) electrons. The zero-order valence-corrected chi connectivity index (χ0v) is 13.3. The number of aryl methyl sites for hydroxylation is 1. The molecule has 0 fully saturated rings. The van der Waals surface area contributed by atoms with Crippen molar-refractivity contribution >= 4 is 22.9 Å². The summed E-state index contributed by atoms with van der Waals surface area (Å²) >= 11 is 1.59. The van der Waals surface area contributed by atoms with Crippen LogP contribution in [0.3, 0.4) is 0 Å². The van der Waals surface area contributed by atoms with E-state index in [0.29, 0.717) is 17.9 Å². The summed E-state index contributed by atoms with van der Waals surface area (Å²) in [6.07, 6.45) is 2.08. The second kappa shape index (κ2) is 5.85. The number of benzene rings is 1. The maximum Gasteiger partial charge on any atom is 0.255 e. The minimum Gasteiger partial charge on any atom is -0.506 e. The topological polar surface area (TPSA) is 49.8 Å². The number of phenolic OH excluding ortho intramolecular Hbond substituents is 1. The van der Waals surface area contributed by atoms with Crippen LogP contribution in [0.1, 0.15) is 22.9 Å². The van der Waals surface area contributed by atoms with E-state index in [4.69, 9.17) is 4.74 Å². The monoisotopic (exact) mass is 315 g/mol. The fourth-order valence-corrected chi connectivity index (χ4v) is 3.49. The Bertz CT molecular complexity index is 722. The number of rotatable bonds is 3. The fourth-order valence-electron chi connectivity index (χ4n) is 2.68. The molecule has 1 unspecified atom stereocenters. The Hall–Kier alpha value is -2.27. The average Bonchev–Trinajstić information content (AvgIpc) is 3.01. The van der Waals surface area contributed by atoms with Crippen molar-refractivity contribution in [2.24, 2.45) is 0 Å². The van der Waals surface area contributed by atoms with Gasteiger partial charge in [0, 0.05) is 17.4 Å². The molecule has 1 aliphatic heterocycles. The molecule has 0 saturated heterocycles. The second-order valence-electron chi connectivity index (χ2n) is 5.25. The quantitative estimate of drug-likeness (QED) is 0.938. The first-order chi connectivity index (χ1) is 10.6. The minimum atomic E-state index is -0.180. The summed E-state index contributed by atoms with van der Waals surface area (Å²) in [7, 11) is 1.57. The van der Waals surface area contributed by atoms with Crippen molar-refractivity contribution in [2.45, 2.75) is 19.4 Å². The molecule has 1 aliphatic rings. The lowest BCUT2D eigenvalue weighted by atomic mass is 10.0. The molecule has 0 spiro atoms. The van der Waals surface area contributed by atoms with E-state index in [9.17, 15) is 9.90 Å². The molecular weight excluding hydrogens is 298 g/mol. The zero-order chi connectivity index (χ0) is 15.7. The Morgan fingerprint density at radius 1 is 1.36 bits per heavy atom. The van der Waals surface area contributed by atoms with Crippen molar-refractivity contribution in [3.63, 3.8) is 0 Å². The fraction of sp³-hybridized carbons (Fsp3) is 0.235. The van der Waals surface area contributed by atoms with Crippen molar-refractivity contribution in [3.8, 4) is 5.75 Å². The van der Waals surface area contributed by atoms with Gasteiger partial charge in [0.2, 0.25) is 0 Å². The predicted octanol–water partition coefficient (Wildman–Crippen LogP) is 3.77. The third kappa shape index (κ3) is 2.60. The molecule has 1 amide bonds. The van der Waals surface area contributed by atoms with E-state index in [2.05, 4.69) is 0 Å². The van der Waals surface area contributed by atoms with Gasteiger partial charge in [-0.2, -0.15) is 0 Å². The number of carbonyl (C=O) groups excluding carboxylic acids is 1. The average molecular weight is 315 g/mol. The summed E-state index contributed by atoms with van der Waals surface area (Å²) in [5.41, 5.74) is 1.48. The van der Waals surface area contributed by atoms with Gasteiger partial charge in [0.1, 0.15) is 11.5 Å². The van der Waals surface area contributed by atoms with Crippen molar-refractivity contribution in [1.29, 1.82) is 0 Å². The van der Waals surface area contributed by atoms with Crippen molar-refractivity contribution in [3.05, 3.63) is 58.0 Å². The van der Waals surface area contributed by atoms with E-state index in [1.165, 1.54) is 6.08 Å². The lowest BCUT2D eigenvalue weighted by Crippen LogP contribution is -2.37. The molecule has 1 aromatic heterocycles. The Morgan fingerprint density at radius 3 is 2.82 bits per heavy atom. The minimum absolute atomic E-state index is 0.115. The molecule has 4 nitrogen and oxygen atoms in total. The summed E-state index contributed by atoms with van der Waals surface area (Å²) in [4.78, 5) is 15.3. The Kier molecular flexibility index (Phi) is 3.90. The third-order valence-electron chi connectivity index (χ3n) is 3.75. The largest absolute Gasteiger partial charge is 0.506 e. The van der Waals surface area contributed by atoms with Crippen LogP contribution in [-0.2, 0) is 9.53 Å². The van der Waals surface area contributed by atoms with Crippen LogP contribution < -0.4 is 4.90 Å². The molecule has 114 valence electrons. The Labute approximate surface area is 133 Å². The third-order valence-corrected chi connectivity index (χ3v) is 4.73. The number of thiophene rings is 1. The van der Waals surface area contributed by atoms with Crippen molar-refractivity contribution in [1.82, 2.24) is 0 Å². The molecule has 0 bridgehead atoms. The van der Waals surface area contributed by atoms with Crippen molar-refractivity contribution < 1.29 is 14.6 Å². The van der Waals surface area contributed by atoms with Crippen LogP contribution in [0.2, 0.25) is 0 Å². The Morgan fingerprint density at radius 2 is 2.18 bits per heavy atom. The first-order valence-electron chi connectivity index (χ1n) is 7.01. The van der Waals surface area contributed by atoms with E-state index < -0.39 is 0 Å². The van der Waals surface area contributed by atoms with Gasteiger partial charge < -0.3 is 9.84 Å². The molecule has 1 aromatic carbocycles. The summed E-state index contributed by atoms with van der Waals surface area (Å²) < 4.78 is 5.28. The predicted molar refractivity (Wildman–Crippen MR) is 87.1 cm³/mol. The number of phenols is 1. The zero-order valence-electron chi connectivity index (χ0n) is 12.4. The second-order valence-corrected chi connectivity index (χ2v) is 6.23.